The zero-order valence-electron chi connectivity index (χ0n) is 20.8. The zero-order valence-corrected chi connectivity index (χ0v) is 20.8. The van der Waals surface area contributed by atoms with E-state index in [1.165, 1.54) is 0 Å². The van der Waals surface area contributed by atoms with Gasteiger partial charge in [-0.25, -0.2) is 0 Å². The Balaban J connectivity index is 1.77. The lowest BCUT2D eigenvalue weighted by Gasteiger charge is -2.41. The molecule has 178 valence electrons. The summed E-state index contributed by atoms with van der Waals surface area (Å²) in [5.41, 5.74) is 4.69. The van der Waals surface area contributed by atoms with Crippen LogP contribution in [0.2, 0.25) is 0 Å². The Morgan fingerprint density at radius 3 is 2.44 bits per heavy atom. The highest BCUT2D eigenvalue weighted by molar-refractivity contribution is 6.14. The molecule has 0 radical (unpaired) electrons. The van der Waals surface area contributed by atoms with Gasteiger partial charge in [-0.1, -0.05) is 51.1 Å². The molecule has 2 aromatic rings. The van der Waals surface area contributed by atoms with Gasteiger partial charge in [0.05, 0.1) is 12.5 Å². The molecule has 1 unspecified atom stereocenters. The molecule has 0 aromatic heterocycles. The van der Waals surface area contributed by atoms with Gasteiger partial charge >= 0.3 is 0 Å². The minimum Gasteiger partial charge on any atom is -0.494 e. The van der Waals surface area contributed by atoms with Crippen LogP contribution in [0.15, 0.2) is 64.8 Å². The van der Waals surface area contributed by atoms with E-state index in [1.54, 1.807) is 0 Å². The number of aryl methyl sites for hydroxylation is 1. The zero-order chi connectivity index (χ0) is 24.5. The number of allylic oxidation sites excluding steroid dienone is 1. The maximum absolute atomic E-state index is 13.7. The summed E-state index contributed by atoms with van der Waals surface area (Å²) in [5, 5.41) is 3.07. The highest BCUT2D eigenvalue weighted by Crippen LogP contribution is 2.47. The molecule has 1 aliphatic carbocycles. The van der Waals surface area contributed by atoms with Gasteiger partial charge in [0.2, 0.25) is 0 Å². The van der Waals surface area contributed by atoms with E-state index in [1.807, 2.05) is 62.4 Å². The number of hydrogen-bond acceptors (Lipinski definition) is 4. The van der Waals surface area contributed by atoms with Crippen molar-refractivity contribution in [3.63, 3.8) is 0 Å². The van der Waals surface area contributed by atoms with Crippen LogP contribution in [0.25, 0.3) is 0 Å². The number of rotatable bonds is 6. The van der Waals surface area contributed by atoms with Crippen LogP contribution >= 0.6 is 0 Å². The van der Waals surface area contributed by atoms with Gasteiger partial charge in [-0.2, -0.15) is 0 Å². The molecule has 1 aliphatic heterocycles. The summed E-state index contributed by atoms with van der Waals surface area (Å²) >= 11 is 0. The topological polar surface area (TPSA) is 67.8 Å². The maximum atomic E-state index is 13.7. The Kier molecular flexibility index (Phi) is 6.74. The lowest BCUT2D eigenvalue weighted by molar-refractivity contribution is -0.124. The summed E-state index contributed by atoms with van der Waals surface area (Å²) in [4.78, 5) is 32.0. The van der Waals surface area contributed by atoms with E-state index >= 15 is 0 Å². The third kappa shape index (κ3) is 4.84. The molecule has 2 atom stereocenters. The summed E-state index contributed by atoms with van der Waals surface area (Å²) < 4.78 is 5.76. The second-order valence-electron chi connectivity index (χ2n) is 10.2. The van der Waals surface area contributed by atoms with Crippen LogP contribution in [-0.2, 0) is 9.59 Å². The number of carbonyl (C=O) groups is 2. The van der Waals surface area contributed by atoms with Crippen LogP contribution in [-0.4, -0.2) is 24.0 Å². The standard InChI is InChI=1S/C29H34N2O3/c1-6-15-34-21-13-11-20(12-14-21)26-25(28(33)31-22-10-8-7-9-18(22)2)19(3)30-23-16-29(4,5)17-24(32)27(23)26/h7-14,26-27H,6,15-17H2,1-5H3,(H,31,33)/t26-,27?/m1/s1. The van der Waals surface area contributed by atoms with Gasteiger partial charge in [0.15, 0.2) is 0 Å². The van der Waals surface area contributed by atoms with E-state index in [2.05, 4.69) is 26.1 Å². The molecule has 0 bridgehead atoms. The monoisotopic (exact) mass is 458 g/mol. The molecule has 1 fully saturated rings. The van der Waals surface area contributed by atoms with Crippen molar-refractivity contribution in [3.8, 4) is 5.75 Å². The number of nitrogens with one attached hydrogen (secondary N) is 1. The van der Waals surface area contributed by atoms with Crippen LogP contribution in [0.4, 0.5) is 5.69 Å². The predicted molar refractivity (Wildman–Crippen MR) is 136 cm³/mol. The molecule has 1 saturated carbocycles. The van der Waals surface area contributed by atoms with Gasteiger partial charge < -0.3 is 10.1 Å². The summed E-state index contributed by atoms with van der Waals surface area (Å²) in [6, 6.07) is 15.5. The van der Waals surface area contributed by atoms with Crippen molar-refractivity contribution in [1.82, 2.24) is 0 Å². The number of hydrogen-bond donors (Lipinski definition) is 1. The van der Waals surface area contributed by atoms with Gasteiger partial charge in [0.1, 0.15) is 11.5 Å². The lowest BCUT2D eigenvalue weighted by atomic mass is 9.63. The van der Waals surface area contributed by atoms with Crippen LogP contribution in [0, 0.1) is 18.3 Å². The first-order chi connectivity index (χ1) is 16.2. The fraction of sp³-hybridized carbons (Fsp3) is 0.414. The van der Waals surface area contributed by atoms with Crippen molar-refractivity contribution in [2.45, 2.75) is 59.8 Å². The Morgan fingerprint density at radius 1 is 1.06 bits per heavy atom. The first-order valence-corrected chi connectivity index (χ1v) is 12.1. The Hall–Kier alpha value is -3.21. The summed E-state index contributed by atoms with van der Waals surface area (Å²) in [5.74, 6) is -0.0568. The van der Waals surface area contributed by atoms with Crippen LogP contribution in [0.5, 0.6) is 5.75 Å². The van der Waals surface area contributed by atoms with Crippen molar-refractivity contribution in [2.24, 2.45) is 16.3 Å². The minimum atomic E-state index is -0.420. The third-order valence-corrected chi connectivity index (χ3v) is 6.71. The maximum Gasteiger partial charge on any atom is 0.254 e. The predicted octanol–water partition coefficient (Wildman–Crippen LogP) is 6.24. The van der Waals surface area contributed by atoms with E-state index in [-0.39, 0.29) is 23.0 Å². The molecule has 5 heteroatoms. The SMILES string of the molecule is CCCOc1ccc([C@@H]2C(C(=O)Nc3ccccc3C)=C(C)N=C3CC(C)(C)CC(=O)C32)cc1. The fourth-order valence-electron chi connectivity index (χ4n) is 5.14. The summed E-state index contributed by atoms with van der Waals surface area (Å²) in [6.07, 6.45) is 2.17. The number of amides is 1. The van der Waals surface area contributed by atoms with Crippen molar-refractivity contribution in [1.29, 1.82) is 0 Å². The smallest absolute Gasteiger partial charge is 0.254 e. The molecule has 1 heterocycles. The Morgan fingerprint density at radius 2 is 1.76 bits per heavy atom. The van der Waals surface area contributed by atoms with Crippen LogP contribution in [0.1, 0.15) is 64.0 Å². The van der Waals surface area contributed by atoms with Crippen LogP contribution < -0.4 is 10.1 Å². The lowest BCUT2D eigenvalue weighted by Crippen LogP contribution is -2.44. The molecule has 1 amide bonds. The van der Waals surface area contributed by atoms with Crippen molar-refractivity contribution in [2.75, 3.05) is 11.9 Å². The number of aliphatic imine (C=N–C) groups is 1. The molecule has 5 nitrogen and oxygen atoms in total. The first kappa shape index (κ1) is 23.9. The average Bonchev–Trinajstić information content (AvgIpc) is 2.77. The fourth-order valence-corrected chi connectivity index (χ4v) is 5.14. The molecule has 0 spiro atoms. The quantitative estimate of drug-likeness (QED) is 0.557. The summed E-state index contributed by atoms with van der Waals surface area (Å²) in [6.45, 7) is 10.8. The van der Waals surface area contributed by atoms with E-state index in [0.29, 0.717) is 24.3 Å². The number of Topliss-reactive ketones (excluding diaryl/α,β-unsaturated/α-hetero) is 1. The number of fused-ring (bicyclic) bond motifs is 1. The number of benzene rings is 2. The van der Waals surface area contributed by atoms with Crippen LogP contribution in [0.3, 0.4) is 0 Å². The Labute approximate surface area is 202 Å². The highest BCUT2D eigenvalue weighted by Gasteiger charge is 2.47. The number of para-hydroxylation sites is 1. The molecular weight excluding hydrogens is 424 g/mol. The first-order valence-electron chi connectivity index (χ1n) is 12.1. The Bertz CT molecular complexity index is 1160. The largest absolute Gasteiger partial charge is 0.494 e. The van der Waals surface area contributed by atoms with Crippen molar-refractivity contribution >= 4 is 23.1 Å². The van der Waals surface area contributed by atoms with Gasteiger partial charge in [-0.15, -0.1) is 0 Å². The second kappa shape index (κ2) is 9.57. The van der Waals surface area contributed by atoms with Crippen molar-refractivity contribution < 1.29 is 14.3 Å². The van der Waals surface area contributed by atoms with E-state index in [0.717, 1.165) is 41.1 Å². The number of nitrogens with zero attached hydrogens (tertiary/aromatic N) is 1. The molecular formula is C29H34N2O3. The molecule has 1 N–H and O–H groups in total. The number of ether oxygens (including phenoxy) is 1. The molecule has 0 saturated heterocycles. The number of ketones is 1. The van der Waals surface area contributed by atoms with Gasteiger partial charge in [0.25, 0.3) is 5.91 Å². The van der Waals surface area contributed by atoms with E-state index < -0.39 is 5.92 Å². The van der Waals surface area contributed by atoms with E-state index in [4.69, 9.17) is 9.73 Å². The summed E-state index contributed by atoms with van der Waals surface area (Å²) in [7, 11) is 0. The van der Waals surface area contributed by atoms with Crippen molar-refractivity contribution in [3.05, 3.63) is 70.9 Å². The highest BCUT2D eigenvalue weighted by atomic mass is 16.5. The number of carbonyl (C=O) groups excluding carboxylic acids is 2. The van der Waals surface area contributed by atoms with Gasteiger partial charge in [0, 0.05) is 35.0 Å². The molecule has 2 aromatic carbocycles. The third-order valence-electron chi connectivity index (χ3n) is 6.71. The molecule has 4 rings (SSSR count). The van der Waals surface area contributed by atoms with E-state index in [9.17, 15) is 9.59 Å². The van der Waals surface area contributed by atoms with Gasteiger partial charge in [-0.3, -0.25) is 14.6 Å². The number of anilines is 1. The molecule has 34 heavy (non-hydrogen) atoms. The minimum absolute atomic E-state index is 0.129. The average molecular weight is 459 g/mol. The van der Waals surface area contributed by atoms with Gasteiger partial charge in [-0.05, 0) is 61.4 Å². The normalized spacial score (nSPS) is 21.6. The molecule has 2 aliphatic rings. The second-order valence-corrected chi connectivity index (χ2v) is 10.2.